The topological polar surface area (TPSA) is 64.9 Å². The number of nitrogens with zero attached hydrogens (tertiary/aromatic N) is 4. The molecule has 2 aromatic carbocycles. The lowest BCUT2D eigenvalue weighted by Gasteiger charge is -2.10. The molecule has 1 aromatic heterocycles. The quantitative estimate of drug-likeness (QED) is 0.640. The Morgan fingerprint density at radius 2 is 2.00 bits per heavy atom. The summed E-state index contributed by atoms with van der Waals surface area (Å²) in [6.07, 6.45) is 1.75. The maximum atomic E-state index is 5.90. The molecular weight excluding hydrogens is 314 g/mol. The molecule has 0 saturated heterocycles. The first-order chi connectivity index (χ1) is 12.2. The number of rotatable bonds is 8. The van der Waals surface area contributed by atoms with Crippen LogP contribution in [0.25, 0.3) is 0 Å². The van der Waals surface area contributed by atoms with Crippen LogP contribution in [-0.2, 0) is 19.7 Å². The van der Waals surface area contributed by atoms with Crippen molar-refractivity contribution in [3.05, 3.63) is 77.9 Å². The molecule has 3 rings (SSSR count). The van der Waals surface area contributed by atoms with Gasteiger partial charge in [0.05, 0.1) is 6.54 Å². The molecule has 6 nitrogen and oxygen atoms in total. The molecule has 0 spiro atoms. The minimum atomic E-state index is 0.552. The molecule has 0 aliphatic carbocycles. The monoisotopic (exact) mass is 335 g/mol. The van der Waals surface area contributed by atoms with Crippen molar-refractivity contribution < 1.29 is 4.74 Å². The van der Waals surface area contributed by atoms with Crippen LogP contribution in [0.2, 0.25) is 0 Å². The average molecular weight is 335 g/mol. The normalized spacial score (nSPS) is 10.4. The fraction of sp³-hybridized carbons (Fsp3) is 0.211. The summed E-state index contributed by atoms with van der Waals surface area (Å²) in [5.41, 5.74) is 3.48. The van der Waals surface area contributed by atoms with Gasteiger partial charge in [-0.15, -0.1) is 6.58 Å². The Kier molecular flexibility index (Phi) is 5.41. The van der Waals surface area contributed by atoms with Gasteiger partial charge in [-0.25, -0.2) is 4.68 Å². The molecule has 25 heavy (non-hydrogen) atoms. The number of hydrogen-bond donors (Lipinski definition) is 1. The highest BCUT2D eigenvalue weighted by Gasteiger charge is 2.04. The zero-order chi connectivity index (χ0) is 17.5. The SMILES string of the molecule is C=CCn1nnnc1NCc1cccc(OCc2cccc(C)c2)c1. The van der Waals surface area contributed by atoms with E-state index in [0.717, 1.165) is 16.9 Å². The number of tetrazole rings is 1. The number of nitrogens with one attached hydrogen (secondary N) is 1. The predicted molar refractivity (Wildman–Crippen MR) is 97.3 cm³/mol. The van der Waals surface area contributed by atoms with E-state index in [-0.39, 0.29) is 0 Å². The van der Waals surface area contributed by atoms with E-state index in [4.69, 9.17) is 4.74 Å². The Hall–Kier alpha value is -3.15. The summed E-state index contributed by atoms with van der Waals surface area (Å²) in [6.45, 7) is 7.50. The van der Waals surface area contributed by atoms with E-state index in [1.807, 2.05) is 30.3 Å². The zero-order valence-electron chi connectivity index (χ0n) is 14.2. The molecular formula is C19H21N5O. The molecule has 0 aliphatic rings. The van der Waals surface area contributed by atoms with Gasteiger partial charge in [0, 0.05) is 6.54 Å². The van der Waals surface area contributed by atoms with Crippen LogP contribution in [-0.4, -0.2) is 20.2 Å². The van der Waals surface area contributed by atoms with Crippen molar-refractivity contribution in [1.29, 1.82) is 0 Å². The molecule has 0 radical (unpaired) electrons. The first-order valence-electron chi connectivity index (χ1n) is 8.13. The van der Waals surface area contributed by atoms with Crippen molar-refractivity contribution in [3.8, 4) is 5.75 Å². The van der Waals surface area contributed by atoms with Gasteiger partial charge < -0.3 is 10.1 Å². The van der Waals surface area contributed by atoms with E-state index in [1.165, 1.54) is 5.56 Å². The maximum Gasteiger partial charge on any atom is 0.243 e. The Morgan fingerprint density at radius 3 is 2.84 bits per heavy atom. The summed E-state index contributed by atoms with van der Waals surface area (Å²) in [5.74, 6) is 1.46. The molecule has 6 heteroatoms. The van der Waals surface area contributed by atoms with Crippen molar-refractivity contribution >= 4 is 5.95 Å². The molecule has 1 heterocycles. The summed E-state index contributed by atoms with van der Waals surface area (Å²) in [4.78, 5) is 0. The van der Waals surface area contributed by atoms with E-state index in [9.17, 15) is 0 Å². The van der Waals surface area contributed by atoms with Crippen molar-refractivity contribution in [2.24, 2.45) is 0 Å². The smallest absolute Gasteiger partial charge is 0.243 e. The largest absolute Gasteiger partial charge is 0.489 e. The lowest BCUT2D eigenvalue weighted by Crippen LogP contribution is -2.08. The van der Waals surface area contributed by atoms with Gasteiger partial charge in [-0.2, -0.15) is 0 Å². The van der Waals surface area contributed by atoms with Gasteiger partial charge in [0.2, 0.25) is 5.95 Å². The van der Waals surface area contributed by atoms with Crippen LogP contribution in [0.3, 0.4) is 0 Å². The fourth-order valence-corrected chi connectivity index (χ4v) is 2.47. The van der Waals surface area contributed by atoms with Crippen molar-refractivity contribution in [2.75, 3.05) is 5.32 Å². The van der Waals surface area contributed by atoms with Crippen LogP contribution < -0.4 is 10.1 Å². The van der Waals surface area contributed by atoms with Crippen LogP contribution in [0, 0.1) is 6.92 Å². The third-order valence-corrected chi connectivity index (χ3v) is 3.67. The van der Waals surface area contributed by atoms with E-state index >= 15 is 0 Å². The number of hydrogen-bond acceptors (Lipinski definition) is 5. The van der Waals surface area contributed by atoms with Crippen LogP contribution in [0.15, 0.2) is 61.2 Å². The van der Waals surface area contributed by atoms with E-state index < -0.39 is 0 Å². The Bertz CT molecular complexity index is 843. The molecule has 0 unspecified atom stereocenters. The standard InChI is InChI=1S/C19H21N5O/c1-3-10-24-19(21-22-23-24)20-13-16-7-5-9-18(12-16)25-14-17-8-4-6-15(2)11-17/h3-9,11-12H,1,10,13-14H2,2H3,(H,20,21,23). The molecule has 0 saturated carbocycles. The number of aromatic nitrogens is 4. The molecule has 3 aromatic rings. The summed E-state index contributed by atoms with van der Waals surface area (Å²) >= 11 is 0. The minimum absolute atomic E-state index is 0.552. The number of ether oxygens (including phenoxy) is 1. The van der Waals surface area contributed by atoms with E-state index in [0.29, 0.717) is 25.6 Å². The maximum absolute atomic E-state index is 5.90. The van der Waals surface area contributed by atoms with Crippen molar-refractivity contribution in [3.63, 3.8) is 0 Å². The highest BCUT2D eigenvalue weighted by molar-refractivity contribution is 5.32. The number of anilines is 1. The summed E-state index contributed by atoms with van der Waals surface area (Å²) < 4.78 is 7.56. The van der Waals surface area contributed by atoms with E-state index in [1.54, 1.807) is 10.8 Å². The molecule has 0 atom stereocenters. The van der Waals surface area contributed by atoms with Gasteiger partial charge in [-0.05, 0) is 40.6 Å². The molecule has 0 fully saturated rings. The number of aryl methyl sites for hydroxylation is 1. The predicted octanol–water partition coefficient (Wildman–Crippen LogP) is 3.36. The van der Waals surface area contributed by atoms with Crippen LogP contribution in [0.1, 0.15) is 16.7 Å². The fourth-order valence-electron chi connectivity index (χ4n) is 2.47. The van der Waals surface area contributed by atoms with Gasteiger partial charge in [0.25, 0.3) is 0 Å². The number of allylic oxidation sites excluding steroid dienone is 1. The lowest BCUT2D eigenvalue weighted by molar-refractivity contribution is 0.306. The average Bonchev–Trinajstić information content (AvgIpc) is 3.06. The van der Waals surface area contributed by atoms with Gasteiger partial charge in [0.15, 0.2) is 0 Å². The first kappa shape index (κ1) is 16.7. The van der Waals surface area contributed by atoms with Crippen molar-refractivity contribution in [2.45, 2.75) is 26.6 Å². The van der Waals surface area contributed by atoms with Crippen molar-refractivity contribution in [1.82, 2.24) is 20.2 Å². The third kappa shape index (κ3) is 4.67. The molecule has 1 N–H and O–H groups in total. The van der Waals surface area contributed by atoms with E-state index in [2.05, 4.69) is 52.5 Å². The van der Waals surface area contributed by atoms with Gasteiger partial charge >= 0.3 is 0 Å². The van der Waals surface area contributed by atoms with Crippen LogP contribution >= 0.6 is 0 Å². The second kappa shape index (κ2) is 8.10. The molecule has 0 amide bonds. The summed E-state index contributed by atoms with van der Waals surface area (Å²) in [7, 11) is 0. The van der Waals surface area contributed by atoms with Gasteiger partial charge in [0.1, 0.15) is 12.4 Å². The Balaban J connectivity index is 1.59. The molecule has 128 valence electrons. The zero-order valence-corrected chi connectivity index (χ0v) is 14.2. The van der Waals surface area contributed by atoms with Crippen LogP contribution in [0.5, 0.6) is 5.75 Å². The second-order valence-corrected chi connectivity index (χ2v) is 5.75. The lowest BCUT2D eigenvalue weighted by atomic mass is 10.1. The highest BCUT2D eigenvalue weighted by atomic mass is 16.5. The van der Waals surface area contributed by atoms with Gasteiger partial charge in [-0.3, -0.25) is 0 Å². The molecule has 0 bridgehead atoms. The van der Waals surface area contributed by atoms with Crippen LogP contribution in [0.4, 0.5) is 5.95 Å². The third-order valence-electron chi connectivity index (χ3n) is 3.67. The minimum Gasteiger partial charge on any atom is -0.489 e. The van der Waals surface area contributed by atoms with Gasteiger partial charge in [-0.1, -0.05) is 53.1 Å². The Morgan fingerprint density at radius 1 is 1.16 bits per heavy atom. The second-order valence-electron chi connectivity index (χ2n) is 5.75. The summed E-state index contributed by atoms with van der Waals surface area (Å²) in [6, 6.07) is 16.3. The first-order valence-corrected chi connectivity index (χ1v) is 8.13. The Labute approximate surface area is 147 Å². The highest BCUT2D eigenvalue weighted by Crippen LogP contribution is 2.16. The number of benzene rings is 2. The summed E-state index contributed by atoms with van der Waals surface area (Å²) in [5, 5.41) is 14.8. The molecule has 0 aliphatic heterocycles.